The number of hydrogen-bond donors (Lipinski definition) is 7. The first kappa shape index (κ1) is 118. The van der Waals surface area contributed by atoms with E-state index in [9.17, 15) is 28.8 Å². The molecule has 1 amide bonds. The zero-order chi connectivity index (χ0) is 94.3. The molecule has 3 heterocycles. The molecule has 6 unspecified atom stereocenters. The average Bonchev–Trinajstić information content (AvgIpc) is 0.831. The Kier molecular flexibility index (Phi) is 70.0. The number of carbonyl (C=O) groups is 6. The van der Waals surface area contributed by atoms with Gasteiger partial charge in [0.25, 0.3) is 0 Å². The molecule has 0 aromatic carbocycles. The van der Waals surface area contributed by atoms with Crippen molar-refractivity contribution in [3.63, 3.8) is 0 Å². The predicted molar refractivity (Wildman–Crippen MR) is 500 cm³/mol. The van der Waals surface area contributed by atoms with E-state index < -0.39 is 5.41 Å². The molecule has 0 spiro atoms. The van der Waals surface area contributed by atoms with Crippen LogP contribution < -0.4 is 38.5 Å². The van der Waals surface area contributed by atoms with Gasteiger partial charge in [0.15, 0.2) is 18.9 Å². The minimum absolute atomic E-state index is 0.0747. The molecule has 129 heavy (non-hydrogen) atoms. The molecule has 3 fully saturated rings. The minimum Gasteiger partial charge on any atom is -0.401 e. The lowest BCUT2D eigenvalue weighted by molar-refractivity contribution is -0.251. The fraction of sp³-hybridized carbons (Fsp3) is 0.878. The summed E-state index contributed by atoms with van der Waals surface area (Å²) >= 11 is 0. The average molecular weight is 1840 g/mol. The minimum atomic E-state index is -0.623. The topological polar surface area (TPSA) is 395 Å². The molecule has 0 radical (unpaired) electrons. The van der Waals surface area contributed by atoms with E-state index in [2.05, 4.69) is 104 Å². The number of Topliss-reactive ketones (excluding diaryl/α,β-unsaturated/α-hetero) is 5. The second kappa shape index (κ2) is 76.3. The van der Waals surface area contributed by atoms with Crippen LogP contribution in [0.15, 0.2) is 35.7 Å². The first-order chi connectivity index (χ1) is 62.4. The summed E-state index contributed by atoms with van der Waals surface area (Å²) < 4.78 is 106. The molecule has 0 bridgehead atoms. The summed E-state index contributed by atoms with van der Waals surface area (Å²) in [7, 11) is 0. The van der Waals surface area contributed by atoms with Crippen LogP contribution in [0.2, 0.25) is 0 Å². The van der Waals surface area contributed by atoms with Crippen LogP contribution in [0, 0.1) is 58.7 Å². The molecule has 0 saturated carbocycles. The van der Waals surface area contributed by atoms with Gasteiger partial charge in [0, 0.05) is 156 Å². The summed E-state index contributed by atoms with van der Waals surface area (Å²) in [5.41, 5.74) is 19.7. The van der Waals surface area contributed by atoms with E-state index in [1.165, 1.54) is 0 Å². The van der Waals surface area contributed by atoms with Crippen molar-refractivity contribution in [2.24, 2.45) is 75.9 Å². The molecule has 31 heteroatoms. The summed E-state index contributed by atoms with van der Waals surface area (Å²) in [6, 6.07) is 0. The van der Waals surface area contributed by atoms with Crippen LogP contribution in [0.1, 0.15) is 257 Å². The molecule has 10 N–H and O–H groups in total. The largest absolute Gasteiger partial charge is 0.401 e. The molecular weight excluding hydrogens is 1660 g/mol. The van der Waals surface area contributed by atoms with Crippen molar-refractivity contribution in [1.82, 2.24) is 21.3 Å². The van der Waals surface area contributed by atoms with Crippen LogP contribution in [-0.2, 0) is 114 Å². The Balaban J connectivity index is 1.27. The van der Waals surface area contributed by atoms with Crippen molar-refractivity contribution >= 4 is 34.8 Å². The van der Waals surface area contributed by atoms with Crippen LogP contribution in [-0.4, -0.2) is 277 Å². The number of unbranched alkanes of at least 4 members (excludes halogenated alkanes) is 5. The highest BCUT2D eigenvalue weighted by atomic mass is 16.7. The van der Waals surface area contributed by atoms with Gasteiger partial charge >= 0.3 is 0 Å². The third kappa shape index (κ3) is 56.9. The Morgan fingerprint density at radius 3 is 0.806 bits per heavy atom. The van der Waals surface area contributed by atoms with Crippen molar-refractivity contribution in [1.29, 1.82) is 0 Å². The lowest BCUT2D eigenvalue weighted by Gasteiger charge is -2.43. The fourth-order valence-electron chi connectivity index (χ4n) is 15.7. The van der Waals surface area contributed by atoms with Crippen molar-refractivity contribution in [2.45, 2.75) is 294 Å². The van der Waals surface area contributed by atoms with E-state index in [1.54, 1.807) is 18.6 Å². The van der Waals surface area contributed by atoms with Gasteiger partial charge in [-0.3, -0.25) is 28.8 Å². The van der Waals surface area contributed by atoms with Crippen LogP contribution in [0.5, 0.6) is 0 Å². The molecule has 752 valence electrons. The monoisotopic (exact) mass is 1840 g/mol. The molecule has 3 aliphatic heterocycles. The summed E-state index contributed by atoms with van der Waals surface area (Å²) in [5.74, 6) is 4.49. The normalized spacial score (nSPS) is 23.3. The predicted octanol–water partition coefficient (Wildman–Crippen LogP) is 12.5. The number of amides is 1. The lowest BCUT2D eigenvalue weighted by Crippen LogP contribution is -2.45. The molecule has 0 aromatic rings. The molecule has 3 rings (SSSR count). The lowest BCUT2D eigenvalue weighted by atomic mass is 9.78. The van der Waals surface area contributed by atoms with Gasteiger partial charge in [0.1, 0.15) is 28.9 Å². The SMILES string of the molecule is CCC1O[C@H](OCCOCCOCCOCCN/C=C(\N)CCC(=O)CCCCCC(=O)CCOCC(CC)(COCCC(=O)CCCCCC(=O)CC/C(N)=C/NCCOCCOCCOCCO[C@H]2OC(CC)[C@@H](C)C(C)[C@H]2C)COCCC(=O)NCCCCC(=O)CC/C(N)=C/NCCOCCOCCOCCO[C@H]2OC(CC)[C@@H](C)C(C)[C@H]2C)[C@H](C)C(C)[C@@H]1C. The maximum absolute atomic E-state index is 13.0. The van der Waals surface area contributed by atoms with E-state index in [0.29, 0.717) is 351 Å². The van der Waals surface area contributed by atoms with E-state index >= 15 is 0 Å². The number of rotatable bonds is 87. The smallest absolute Gasteiger partial charge is 0.222 e. The zero-order valence-electron chi connectivity index (χ0n) is 82.2. The van der Waals surface area contributed by atoms with Gasteiger partial charge in [0.05, 0.1) is 197 Å². The Hall–Kier alpha value is -4.88. The van der Waals surface area contributed by atoms with Gasteiger partial charge in [-0.1, -0.05) is 103 Å². The van der Waals surface area contributed by atoms with Gasteiger partial charge in [-0.2, -0.15) is 0 Å². The Morgan fingerprint density at radius 2 is 0.527 bits per heavy atom. The van der Waals surface area contributed by atoms with Crippen LogP contribution in [0.3, 0.4) is 0 Å². The second-order valence-corrected chi connectivity index (χ2v) is 35.6. The van der Waals surface area contributed by atoms with E-state index in [0.717, 1.165) is 32.1 Å². The zero-order valence-corrected chi connectivity index (χ0v) is 82.2. The number of nitrogens with two attached hydrogens (primary N) is 3. The van der Waals surface area contributed by atoms with E-state index in [4.69, 9.17) is 102 Å². The molecular formula is C98H181N7O24. The quantitative estimate of drug-likeness (QED) is 0.0278. The van der Waals surface area contributed by atoms with Crippen molar-refractivity contribution in [3.05, 3.63) is 35.7 Å². The second-order valence-electron chi connectivity index (χ2n) is 35.6. The highest BCUT2D eigenvalue weighted by molar-refractivity contribution is 5.80. The maximum Gasteiger partial charge on any atom is 0.222 e. The molecule has 31 nitrogen and oxygen atoms in total. The fourth-order valence-corrected chi connectivity index (χ4v) is 15.7. The molecule has 0 aromatic heterocycles. The Bertz CT molecular complexity index is 2660. The Labute approximate surface area is 776 Å². The van der Waals surface area contributed by atoms with Crippen LogP contribution >= 0.6 is 0 Å². The molecule has 3 aliphatic rings. The standard InChI is InChI=1S/C98H181N7O24/c1-14-91-77(8)74(5)80(11)95(127-91)124-65-62-118-59-56-115-53-50-112-47-41-102-68-83(99)31-34-86(106)26-20-18-22-28-89(109)37-44-121-71-98(17-4,72-122-45-38-90(110)29-23-19-21-27-87(107)35-32-84(100)69-103-42-48-113-51-54-116-57-60-119-63-66-125-96-81(12)75(6)78(9)92(15-2)128-96)73-123-46-39-94(111)105-40-25-24-30-88(108)36-33-85(101)70-104-43-49-114-52-55-117-58-61-120-64-67-126-97-82(13)76(7)79(10)93(16-3)129-97/h68-70,74-82,91-93,95-97,102-104H,14-67,71-73,99-101H2,1-13H3,(H,105,111)/b83-68-,84-69-,85-70-/t74?,75?,76?,77-,78-,79-,80+,81+,82+,91?,92?,93?,95-,96-,97-,98?/m0/s1. The number of allylic oxidation sites excluding steroid dienone is 3. The van der Waals surface area contributed by atoms with Gasteiger partial charge in [0.2, 0.25) is 5.91 Å². The molecule has 15 atom stereocenters. The first-order valence-electron chi connectivity index (χ1n) is 49.5. The van der Waals surface area contributed by atoms with Crippen LogP contribution in [0.4, 0.5) is 0 Å². The third-order valence-corrected chi connectivity index (χ3v) is 25.6. The van der Waals surface area contributed by atoms with Crippen molar-refractivity contribution in [2.75, 3.05) is 205 Å². The Morgan fingerprint density at radius 1 is 0.271 bits per heavy atom. The van der Waals surface area contributed by atoms with Gasteiger partial charge in [-0.15, -0.1) is 0 Å². The summed E-state index contributed by atoms with van der Waals surface area (Å²) in [6.07, 6.45) is 19.2. The molecule has 0 aliphatic carbocycles. The van der Waals surface area contributed by atoms with E-state index in [-0.39, 0.29) is 131 Å². The van der Waals surface area contributed by atoms with Crippen LogP contribution in [0.25, 0.3) is 0 Å². The van der Waals surface area contributed by atoms with Crippen molar-refractivity contribution < 1.29 is 114 Å². The van der Waals surface area contributed by atoms with E-state index in [1.807, 2.05) is 6.92 Å². The first-order valence-corrected chi connectivity index (χ1v) is 49.5. The highest BCUT2D eigenvalue weighted by Gasteiger charge is 2.42. The number of hydrogen-bond acceptors (Lipinski definition) is 30. The van der Waals surface area contributed by atoms with Gasteiger partial charge in [-0.25, -0.2) is 0 Å². The molecule has 3 saturated heterocycles. The number of carbonyl (C=O) groups excluding carboxylic acids is 6. The highest BCUT2D eigenvalue weighted by Crippen LogP contribution is 2.39. The van der Waals surface area contributed by atoms with Gasteiger partial charge in [-0.05, 0) is 119 Å². The van der Waals surface area contributed by atoms with Gasteiger partial charge < -0.3 is 124 Å². The maximum atomic E-state index is 13.0. The number of ether oxygens (including phenoxy) is 18. The third-order valence-electron chi connectivity index (χ3n) is 25.6. The van der Waals surface area contributed by atoms with Crippen molar-refractivity contribution in [3.8, 4) is 0 Å². The summed E-state index contributed by atoms with van der Waals surface area (Å²) in [4.78, 5) is 77.1. The summed E-state index contributed by atoms with van der Waals surface area (Å²) in [5, 5.41) is 12.4. The summed E-state index contributed by atoms with van der Waals surface area (Å²) in [6.45, 7) is 41.9. The number of nitrogens with one attached hydrogen (secondary N) is 4. The number of ketones is 5.